The topological polar surface area (TPSA) is 67.5 Å². The molecule has 0 heterocycles. The number of benzene rings is 1. The Bertz CT molecular complexity index is 520. The number of hydrogen-bond donors (Lipinski definition) is 2. The van der Waals surface area contributed by atoms with Crippen molar-refractivity contribution in [3.63, 3.8) is 0 Å². The Morgan fingerprint density at radius 3 is 3.05 bits per heavy atom. The van der Waals surface area contributed by atoms with Gasteiger partial charge in [0, 0.05) is 5.57 Å². The molecule has 1 aliphatic rings. The van der Waals surface area contributed by atoms with Gasteiger partial charge in [-0.3, -0.25) is 4.79 Å². The standard InChI is InChI=1S/C15H19N3O/c1-2-11-7-8-13(15(19)17-10-18-16)9-12-5-3-4-6-14(11)12/h3-6,9-11H,2,7-8,16H2,1H3,(H,17,18,19). The molecular formula is C15H19N3O. The fourth-order valence-electron chi connectivity index (χ4n) is 2.55. The van der Waals surface area contributed by atoms with E-state index < -0.39 is 0 Å². The van der Waals surface area contributed by atoms with E-state index in [0.717, 1.165) is 30.4 Å². The van der Waals surface area contributed by atoms with Crippen LogP contribution in [0.15, 0.2) is 34.9 Å². The van der Waals surface area contributed by atoms with Crippen LogP contribution in [-0.4, -0.2) is 12.2 Å². The van der Waals surface area contributed by atoms with Crippen LogP contribution < -0.4 is 11.2 Å². The van der Waals surface area contributed by atoms with Gasteiger partial charge in [0.25, 0.3) is 5.91 Å². The molecule has 0 aliphatic heterocycles. The molecule has 0 radical (unpaired) electrons. The summed E-state index contributed by atoms with van der Waals surface area (Å²) in [5.74, 6) is 5.38. The zero-order valence-electron chi connectivity index (χ0n) is 11.1. The van der Waals surface area contributed by atoms with Gasteiger partial charge in [0.1, 0.15) is 6.34 Å². The summed E-state index contributed by atoms with van der Waals surface area (Å²) in [5, 5.41) is 5.85. The summed E-state index contributed by atoms with van der Waals surface area (Å²) >= 11 is 0. The summed E-state index contributed by atoms with van der Waals surface area (Å²) in [7, 11) is 0. The van der Waals surface area contributed by atoms with Crippen LogP contribution in [0.1, 0.15) is 43.2 Å². The van der Waals surface area contributed by atoms with Gasteiger partial charge in [0.05, 0.1) is 0 Å². The number of rotatable bonds is 3. The van der Waals surface area contributed by atoms with Gasteiger partial charge in [-0.25, -0.2) is 0 Å². The largest absolute Gasteiger partial charge is 0.322 e. The minimum absolute atomic E-state index is 0.124. The minimum atomic E-state index is -0.124. The molecule has 0 aromatic heterocycles. The second kappa shape index (κ2) is 6.18. The highest BCUT2D eigenvalue weighted by molar-refractivity contribution is 6.03. The normalized spacial score (nSPS) is 18.6. The van der Waals surface area contributed by atoms with Crippen molar-refractivity contribution in [1.29, 1.82) is 0 Å². The van der Waals surface area contributed by atoms with Crippen molar-refractivity contribution < 1.29 is 4.79 Å². The Labute approximate surface area is 113 Å². The lowest BCUT2D eigenvalue weighted by atomic mass is 9.90. The summed E-state index contributed by atoms with van der Waals surface area (Å²) in [6, 6.07) is 8.28. The number of carbonyl (C=O) groups is 1. The first-order chi connectivity index (χ1) is 9.26. The molecule has 0 saturated carbocycles. The molecule has 4 heteroatoms. The third-order valence-electron chi connectivity index (χ3n) is 3.58. The first-order valence-corrected chi connectivity index (χ1v) is 6.58. The van der Waals surface area contributed by atoms with E-state index in [2.05, 4.69) is 35.5 Å². The van der Waals surface area contributed by atoms with Crippen LogP contribution >= 0.6 is 0 Å². The third kappa shape index (κ3) is 3.02. The molecule has 0 fully saturated rings. The van der Waals surface area contributed by atoms with Crippen LogP contribution in [0.4, 0.5) is 0 Å². The minimum Gasteiger partial charge on any atom is -0.322 e. The highest BCUT2D eigenvalue weighted by Crippen LogP contribution is 2.33. The van der Waals surface area contributed by atoms with Crippen LogP contribution in [0.2, 0.25) is 0 Å². The van der Waals surface area contributed by atoms with E-state index in [4.69, 9.17) is 5.84 Å². The van der Waals surface area contributed by atoms with Crippen LogP contribution in [0, 0.1) is 0 Å². The Balaban J connectivity index is 2.31. The van der Waals surface area contributed by atoms with Crippen molar-refractivity contribution in [1.82, 2.24) is 5.32 Å². The van der Waals surface area contributed by atoms with E-state index in [0.29, 0.717) is 5.92 Å². The number of hydrogen-bond acceptors (Lipinski definition) is 3. The SMILES string of the molecule is CCC1CCC(C(=O)NC=NN)=Cc2ccccc21. The van der Waals surface area contributed by atoms with Gasteiger partial charge in [-0.05, 0) is 42.4 Å². The van der Waals surface area contributed by atoms with Crippen molar-refractivity contribution in [2.75, 3.05) is 0 Å². The average Bonchev–Trinajstić information content (AvgIpc) is 2.63. The maximum atomic E-state index is 12.0. The molecule has 1 atom stereocenters. The molecule has 2 rings (SSSR count). The number of nitrogens with zero attached hydrogens (tertiary/aromatic N) is 1. The summed E-state index contributed by atoms with van der Waals surface area (Å²) in [6.45, 7) is 2.19. The number of amides is 1. The number of nitrogens with two attached hydrogens (primary N) is 1. The molecule has 1 aromatic carbocycles. The van der Waals surface area contributed by atoms with Crippen molar-refractivity contribution >= 4 is 18.3 Å². The number of fused-ring (bicyclic) bond motifs is 1. The van der Waals surface area contributed by atoms with E-state index in [1.807, 2.05) is 12.1 Å². The van der Waals surface area contributed by atoms with Gasteiger partial charge in [-0.15, -0.1) is 0 Å². The zero-order valence-corrected chi connectivity index (χ0v) is 11.1. The van der Waals surface area contributed by atoms with Gasteiger partial charge in [-0.2, -0.15) is 5.10 Å². The molecule has 0 spiro atoms. The quantitative estimate of drug-likeness (QED) is 0.378. The predicted molar refractivity (Wildman–Crippen MR) is 77.5 cm³/mol. The maximum absolute atomic E-state index is 12.0. The van der Waals surface area contributed by atoms with E-state index in [1.54, 1.807) is 0 Å². The Morgan fingerprint density at radius 1 is 1.53 bits per heavy atom. The summed E-state index contributed by atoms with van der Waals surface area (Å²) in [4.78, 5) is 12.0. The smallest absolute Gasteiger partial charge is 0.252 e. The monoisotopic (exact) mass is 257 g/mol. The summed E-state index contributed by atoms with van der Waals surface area (Å²) in [5.41, 5.74) is 3.25. The van der Waals surface area contributed by atoms with Gasteiger partial charge < -0.3 is 11.2 Å². The van der Waals surface area contributed by atoms with Crippen molar-refractivity contribution in [2.24, 2.45) is 10.9 Å². The maximum Gasteiger partial charge on any atom is 0.252 e. The molecule has 0 bridgehead atoms. The second-order valence-electron chi connectivity index (χ2n) is 4.69. The van der Waals surface area contributed by atoms with Crippen LogP contribution in [0.25, 0.3) is 6.08 Å². The lowest BCUT2D eigenvalue weighted by Gasteiger charge is -2.14. The highest BCUT2D eigenvalue weighted by atomic mass is 16.1. The molecule has 1 amide bonds. The Hall–Kier alpha value is -2.10. The van der Waals surface area contributed by atoms with Crippen molar-refractivity contribution in [2.45, 2.75) is 32.1 Å². The zero-order chi connectivity index (χ0) is 13.7. The summed E-state index contributed by atoms with van der Waals surface area (Å²) in [6.07, 6.45) is 6.05. The fourth-order valence-corrected chi connectivity index (χ4v) is 2.55. The molecule has 4 nitrogen and oxygen atoms in total. The van der Waals surface area contributed by atoms with E-state index in [-0.39, 0.29) is 5.91 Å². The first-order valence-electron chi connectivity index (χ1n) is 6.58. The highest BCUT2D eigenvalue weighted by Gasteiger charge is 2.19. The van der Waals surface area contributed by atoms with E-state index >= 15 is 0 Å². The fraction of sp³-hybridized carbons (Fsp3) is 0.333. The number of nitrogens with one attached hydrogen (secondary N) is 1. The second-order valence-corrected chi connectivity index (χ2v) is 4.69. The van der Waals surface area contributed by atoms with Gasteiger partial charge in [0.2, 0.25) is 0 Å². The van der Waals surface area contributed by atoms with Crippen molar-refractivity contribution in [3.8, 4) is 0 Å². The molecule has 19 heavy (non-hydrogen) atoms. The third-order valence-corrected chi connectivity index (χ3v) is 3.58. The van der Waals surface area contributed by atoms with Crippen molar-refractivity contribution in [3.05, 3.63) is 41.0 Å². The molecule has 1 aromatic rings. The molecule has 100 valence electrons. The van der Waals surface area contributed by atoms with Crippen LogP contribution in [-0.2, 0) is 4.79 Å². The van der Waals surface area contributed by atoms with E-state index in [1.165, 1.54) is 11.9 Å². The predicted octanol–water partition coefficient (Wildman–Crippen LogP) is 2.38. The van der Waals surface area contributed by atoms with Crippen LogP contribution in [0.5, 0.6) is 0 Å². The van der Waals surface area contributed by atoms with Gasteiger partial charge in [0.15, 0.2) is 0 Å². The number of hydrazone groups is 1. The lowest BCUT2D eigenvalue weighted by Crippen LogP contribution is -2.23. The molecule has 1 unspecified atom stereocenters. The molecule has 3 N–H and O–H groups in total. The van der Waals surface area contributed by atoms with Gasteiger partial charge >= 0.3 is 0 Å². The number of carbonyl (C=O) groups excluding carboxylic acids is 1. The molecule has 0 saturated heterocycles. The first kappa shape index (κ1) is 13.3. The van der Waals surface area contributed by atoms with E-state index in [9.17, 15) is 4.79 Å². The summed E-state index contributed by atoms with van der Waals surface area (Å²) < 4.78 is 0. The Morgan fingerprint density at radius 2 is 2.32 bits per heavy atom. The van der Waals surface area contributed by atoms with Gasteiger partial charge in [-0.1, -0.05) is 31.2 Å². The van der Waals surface area contributed by atoms with Crippen LogP contribution in [0.3, 0.4) is 0 Å². The Kier molecular flexibility index (Phi) is 4.34. The molecule has 1 aliphatic carbocycles. The lowest BCUT2D eigenvalue weighted by molar-refractivity contribution is -0.116. The average molecular weight is 257 g/mol. The molecular weight excluding hydrogens is 238 g/mol.